The van der Waals surface area contributed by atoms with Gasteiger partial charge in [0.05, 0.1) is 0 Å². The third kappa shape index (κ3) is 2.00. The lowest BCUT2D eigenvalue weighted by molar-refractivity contribution is 0.244. The molecule has 1 aliphatic carbocycles. The number of hydrogen-bond acceptors (Lipinski definition) is 2. The van der Waals surface area contributed by atoms with E-state index in [1.54, 1.807) is 0 Å². The minimum Gasteiger partial charge on any atom is -0.399 e. The predicted octanol–water partition coefficient (Wildman–Crippen LogP) is 2.04. The van der Waals surface area contributed by atoms with E-state index in [1.165, 1.54) is 43.5 Å². The molecular formula is C13H18N2. The van der Waals surface area contributed by atoms with E-state index in [4.69, 9.17) is 5.73 Å². The molecule has 80 valence electrons. The Morgan fingerprint density at radius 2 is 2.13 bits per heavy atom. The summed E-state index contributed by atoms with van der Waals surface area (Å²) < 4.78 is 0. The zero-order valence-electron chi connectivity index (χ0n) is 9.08. The number of nitrogen functional groups attached to an aromatic ring is 1. The summed E-state index contributed by atoms with van der Waals surface area (Å²) in [6.07, 6.45) is 4.09. The lowest BCUT2D eigenvalue weighted by Crippen LogP contribution is -2.32. The van der Waals surface area contributed by atoms with Crippen LogP contribution in [0.4, 0.5) is 5.69 Å². The molecule has 0 radical (unpaired) electrons. The first kappa shape index (κ1) is 9.22. The number of benzene rings is 1. The summed E-state index contributed by atoms with van der Waals surface area (Å²) in [5.74, 6) is 0.993. The Hall–Kier alpha value is -1.02. The normalized spacial score (nSPS) is 21.3. The highest BCUT2D eigenvalue weighted by Crippen LogP contribution is 2.31. The molecule has 3 rings (SSSR count). The first-order chi connectivity index (χ1) is 7.31. The van der Waals surface area contributed by atoms with Crippen molar-refractivity contribution in [1.29, 1.82) is 0 Å². The highest BCUT2D eigenvalue weighted by atomic mass is 15.1. The molecule has 1 saturated carbocycles. The fraction of sp³-hybridized carbons (Fsp3) is 0.538. The van der Waals surface area contributed by atoms with Gasteiger partial charge in [-0.3, -0.25) is 4.90 Å². The molecule has 2 heteroatoms. The lowest BCUT2D eigenvalue weighted by atomic mass is 9.99. The third-order valence-corrected chi connectivity index (χ3v) is 3.53. The van der Waals surface area contributed by atoms with E-state index in [-0.39, 0.29) is 0 Å². The number of hydrogen-bond donors (Lipinski definition) is 1. The number of nitrogens with zero attached hydrogens (tertiary/aromatic N) is 1. The first-order valence-electron chi connectivity index (χ1n) is 5.91. The Morgan fingerprint density at radius 3 is 2.93 bits per heavy atom. The van der Waals surface area contributed by atoms with Crippen LogP contribution in [-0.2, 0) is 13.0 Å². The second-order valence-corrected chi connectivity index (χ2v) is 4.96. The Balaban J connectivity index is 1.75. The van der Waals surface area contributed by atoms with E-state index in [9.17, 15) is 0 Å². The van der Waals surface area contributed by atoms with Crippen LogP contribution in [-0.4, -0.2) is 18.0 Å². The van der Waals surface area contributed by atoms with E-state index < -0.39 is 0 Å². The molecule has 2 aliphatic rings. The minimum atomic E-state index is 0.905. The van der Waals surface area contributed by atoms with Crippen LogP contribution in [0.1, 0.15) is 24.0 Å². The van der Waals surface area contributed by atoms with Crippen LogP contribution >= 0.6 is 0 Å². The second kappa shape index (κ2) is 3.53. The van der Waals surface area contributed by atoms with Gasteiger partial charge >= 0.3 is 0 Å². The molecule has 0 atom stereocenters. The molecule has 1 aromatic carbocycles. The number of nitrogens with two attached hydrogens (primary N) is 1. The molecule has 0 bridgehead atoms. The van der Waals surface area contributed by atoms with Gasteiger partial charge in [-0.2, -0.15) is 0 Å². The van der Waals surface area contributed by atoms with Crippen molar-refractivity contribution in [1.82, 2.24) is 4.90 Å². The van der Waals surface area contributed by atoms with Gasteiger partial charge in [0.2, 0.25) is 0 Å². The average Bonchev–Trinajstić information content (AvgIpc) is 3.01. The maximum absolute atomic E-state index is 5.82. The summed E-state index contributed by atoms with van der Waals surface area (Å²) in [6.45, 7) is 3.64. The summed E-state index contributed by atoms with van der Waals surface area (Å²) >= 11 is 0. The molecule has 1 heterocycles. The molecule has 0 amide bonds. The smallest absolute Gasteiger partial charge is 0.0317 e. The quantitative estimate of drug-likeness (QED) is 0.744. The molecule has 2 N–H and O–H groups in total. The minimum absolute atomic E-state index is 0.905. The number of rotatable bonds is 2. The Kier molecular flexibility index (Phi) is 2.17. The lowest BCUT2D eigenvalue weighted by Gasteiger charge is -2.28. The van der Waals surface area contributed by atoms with Crippen molar-refractivity contribution in [3.8, 4) is 0 Å². The fourth-order valence-corrected chi connectivity index (χ4v) is 2.46. The van der Waals surface area contributed by atoms with Gasteiger partial charge in [0.15, 0.2) is 0 Å². The van der Waals surface area contributed by atoms with Crippen LogP contribution < -0.4 is 5.73 Å². The summed E-state index contributed by atoms with van der Waals surface area (Å²) in [5.41, 5.74) is 9.67. The molecule has 1 aromatic rings. The summed E-state index contributed by atoms with van der Waals surface area (Å²) in [5, 5.41) is 0. The van der Waals surface area contributed by atoms with Gasteiger partial charge in [-0.05, 0) is 48.4 Å². The monoisotopic (exact) mass is 202 g/mol. The van der Waals surface area contributed by atoms with E-state index in [2.05, 4.69) is 17.0 Å². The van der Waals surface area contributed by atoms with Gasteiger partial charge in [-0.15, -0.1) is 0 Å². The van der Waals surface area contributed by atoms with Crippen LogP contribution in [0.25, 0.3) is 0 Å². The topological polar surface area (TPSA) is 29.3 Å². The zero-order chi connectivity index (χ0) is 10.3. The maximum atomic E-state index is 5.82. The number of fused-ring (bicyclic) bond motifs is 1. The van der Waals surface area contributed by atoms with Gasteiger partial charge in [-0.1, -0.05) is 6.07 Å². The standard InChI is InChI=1S/C13H18N2/c14-13-4-3-11-5-6-15(8-10-1-2-10)9-12(11)7-13/h3-4,7,10H,1-2,5-6,8-9,14H2. The van der Waals surface area contributed by atoms with Crippen molar-refractivity contribution < 1.29 is 0 Å². The predicted molar refractivity (Wildman–Crippen MR) is 62.6 cm³/mol. The Bertz CT molecular complexity index is 369. The van der Waals surface area contributed by atoms with Crippen molar-refractivity contribution in [3.05, 3.63) is 29.3 Å². The molecule has 1 aliphatic heterocycles. The van der Waals surface area contributed by atoms with Crippen molar-refractivity contribution in [2.75, 3.05) is 18.8 Å². The van der Waals surface area contributed by atoms with Gasteiger partial charge in [0, 0.05) is 25.3 Å². The van der Waals surface area contributed by atoms with E-state index in [1.807, 2.05) is 6.07 Å². The molecule has 0 saturated heterocycles. The average molecular weight is 202 g/mol. The summed E-state index contributed by atoms with van der Waals surface area (Å²) in [4.78, 5) is 2.58. The SMILES string of the molecule is Nc1ccc2c(c1)CN(CC1CC1)CC2. The molecule has 0 spiro atoms. The van der Waals surface area contributed by atoms with Gasteiger partial charge in [0.25, 0.3) is 0 Å². The highest BCUT2D eigenvalue weighted by molar-refractivity contribution is 5.45. The van der Waals surface area contributed by atoms with Gasteiger partial charge < -0.3 is 5.73 Å². The molecule has 2 nitrogen and oxygen atoms in total. The summed E-state index contributed by atoms with van der Waals surface area (Å²) in [6, 6.07) is 6.36. The van der Waals surface area contributed by atoms with Crippen molar-refractivity contribution in [3.63, 3.8) is 0 Å². The second-order valence-electron chi connectivity index (χ2n) is 4.96. The van der Waals surface area contributed by atoms with Crippen molar-refractivity contribution in [2.45, 2.75) is 25.8 Å². The summed E-state index contributed by atoms with van der Waals surface area (Å²) in [7, 11) is 0. The maximum Gasteiger partial charge on any atom is 0.0317 e. The first-order valence-corrected chi connectivity index (χ1v) is 5.91. The fourth-order valence-electron chi connectivity index (χ4n) is 2.46. The molecule has 1 fully saturated rings. The molecule has 0 aromatic heterocycles. The van der Waals surface area contributed by atoms with Crippen molar-refractivity contribution in [2.24, 2.45) is 5.92 Å². The zero-order valence-corrected chi connectivity index (χ0v) is 9.08. The molecular weight excluding hydrogens is 184 g/mol. The number of anilines is 1. The van der Waals surface area contributed by atoms with Gasteiger partial charge in [-0.25, -0.2) is 0 Å². The third-order valence-electron chi connectivity index (χ3n) is 3.53. The Morgan fingerprint density at radius 1 is 1.27 bits per heavy atom. The highest BCUT2D eigenvalue weighted by Gasteiger charge is 2.26. The van der Waals surface area contributed by atoms with Gasteiger partial charge in [0.1, 0.15) is 0 Å². The van der Waals surface area contributed by atoms with Crippen LogP contribution in [0.5, 0.6) is 0 Å². The van der Waals surface area contributed by atoms with Crippen LogP contribution in [0.15, 0.2) is 18.2 Å². The van der Waals surface area contributed by atoms with Crippen LogP contribution in [0.2, 0.25) is 0 Å². The van der Waals surface area contributed by atoms with Crippen LogP contribution in [0, 0.1) is 5.92 Å². The van der Waals surface area contributed by atoms with Crippen LogP contribution in [0.3, 0.4) is 0 Å². The van der Waals surface area contributed by atoms with E-state index >= 15 is 0 Å². The van der Waals surface area contributed by atoms with E-state index in [0.717, 1.165) is 18.2 Å². The largest absolute Gasteiger partial charge is 0.399 e. The molecule has 15 heavy (non-hydrogen) atoms. The van der Waals surface area contributed by atoms with E-state index in [0.29, 0.717) is 0 Å². The molecule has 0 unspecified atom stereocenters. The van der Waals surface area contributed by atoms with Crippen molar-refractivity contribution >= 4 is 5.69 Å². The Labute approximate surface area is 91.1 Å².